The van der Waals surface area contributed by atoms with E-state index in [4.69, 9.17) is 4.74 Å². The van der Waals surface area contributed by atoms with Crippen LogP contribution in [0.3, 0.4) is 0 Å². The van der Waals surface area contributed by atoms with Crippen molar-refractivity contribution in [2.75, 3.05) is 19.7 Å². The predicted octanol–water partition coefficient (Wildman–Crippen LogP) is 1.31. The fourth-order valence-corrected chi connectivity index (χ4v) is 3.00. The molecule has 3 heterocycles. The quantitative estimate of drug-likeness (QED) is 0.875. The number of pyridine rings is 1. The lowest BCUT2D eigenvalue weighted by Gasteiger charge is -2.36. The lowest BCUT2D eigenvalue weighted by atomic mass is 9.76. The number of hydrogen-bond acceptors (Lipinski definition) is 4. The van der Waals surface area contributed by atoms with E-state index in [1.807, 2.05) is 18.2 Å². The van der Waals surface area contributed by atoms with Crippen molar-refractivity contribution < 1.29 is 9.53 Å². The van der Waals surface area contributed by atoms with Gasteiger partial charge in [-0.2, -0.15) is 0 Å². The van der Waals surface area contributed by atoms with Crippen molar-refractivity contribution in [2.24, 2.45) is 5.41 Å². The molecular formula is C14H21Cl2N3O2. The number of aromatic nitrogens is 1. The van der Waals surface area contributed by atoms with Crippen LogP contribution >= 0.6 is 24.8 Å². The van der Waals surface area contributed by atoms with Crippen molar-refractivity contribution in [3.8, 4) is 0 Å². The van der Waals surface area contributed by atoms with Gasteiger partial charge in [-0.15, -0.1) is 24.8 Å². The molecule has 0 unspecified atom stereocenters. The van der Waals surface area contributed by atoms with Crippen LogP contribution < -0.4 is 10.6 Å². The summed E-state index contributed by atoms with van der Waals surface area (Å²) in [5.41, 5.74) is 0.499. The van der Waals surface area contributed by atoms with Gasteiger partial charge in [-0.05, 0) is 31.5 Å². The van der Waals surface area contributed by atoms with Gasteiger partial charge in [0.2, 0.25) is 5.91 Å². The van der Waals surface area contributed by atoms with E-state index in [1.165, 1.54) is 0 Å². The van der Waals surface area contributed by atoms with Crippen molar-refractivity contribution in [1.82, 2.24) is 15.6 Å². The fourth-order valence-electron chi connectivity index (χ4n) is 3.00. The van der Waals surface area contributed by atoms with E-state index in [-0.39, 0.29) is 42.2 Å². The van der Waals surface area contributed by atoms with E-state index >= 15 is 0 Å². The first kappa shape index (κ1) is 18.2. The molecule has 2 atom stereocenters. The number of nitrogens with zero attached hydrogens (tertiary/aromatic N) is 1. The van der Waals surface area contributed by atoms with Gasteiger partial charge in [0.15, 0.2) is 0 Å². The number of carbonyl (C=O) groups is 1. The van der Waals surface area contributed by atoms with Gasteiger partial charge in [0.05, 0.1) is 23.8 Å². The van der Waals surface area contributed by atoms with Gasteiger partial charge in [0.25, 0.3) is 0 Å². The molecule has 2 fully saturated rings. The Bertz CT molecular complexity index is 461. The molecule has 2 N–H and O–H groups in total. The third-order valence-corrected chi connectivity index (χ3v) is 4.12. The number of halogens is 2. The van der Waals surface area contributed by atoms with Gasteiger partial charge < -0.3 is 15.4 Å². The Hall–Kier alpha value is -0.880. The van der Waals surface area contributed by atoms with Crippen LogP contribution in [0.25, 0.3) is 0 Å². The van der Waals surface area contributed by atoms with E-state index in [9.17, 15) is 4.79 Å². The van der Waals surface area contributed by atoms with Crippen molar-refractivity contribution in [3.05, 3.63) is 30.1 Å². The number of ether oxygens (including phenoxy) is 1. The summed E-state index contributed by atoms with van der Waals surface area (Å²) in [5, 5.41) is 6.33. The number of rotatable bonds is 3. The number of carbonyl (C=O) groups excluding carboxylic acids is 1. The fraction of sp³-hybridized carbons (Fsp3) is 0.571. The molecule has 0 saturated carbocycles. The molecule has 2 aliphatic rings. The normalized spacial score (nSPS) is 27.0. The van der Waals surface area contributed by atoms with Gasteiger partial charge in [0, 0.05) is 19.3 Å². The standard InChI is InChI=1S/C14H19N3O2.2ClH/c18-13(17-9-11-3-1-2-6-16-11)14-5-8-19-12(14)4-7-15-10-14;;/h1-3,6,12,15H,4-5,7-10H2,(H,17,18);2*1H/t12-,14-;;/m1../s1. The molecule has 7 heteroatoms. The number of amides is 1. The van der Waals surface area contributed by atoms with Gasteiger partial charge in [-0.25, -0.2) is 0 Å². The molecule has 21 heavy (non-hydrogen) atoms. The maximum Gasteiger partial charge on any atom is 0.230 e. The number of nitrogens with one attached hydrogen (secondary N) is 2. The summed E-state index contributed by atoms with van der Waals surface area (Å²) >= 11 is 0. The molecule has 5 nitrogen and oxygen atoms in total. The lowest BCUT2D eigenvalue weighted by Crippen LogP contribution is -2.55. The zero-order chi connectivity index (χ0) is 13.1. The highest BCUT2D eigenvalue weighted by Gasteiger charge is 2.51. The molecule has 3 rings (SSSR count). The Kier molecular flexibility index (Phi) is 6.87. The molecule has 118 valence electrons. The molecule has 0 bridgehead atoms. The van der Waals surface area contributed by atoms with E-state index in [0.29, 0.717) is 19.7 Å². The summed E-state index contributed by atoms with van der Waals surface area (Å²) in [6.07, 6.45) is 3.52. The zero-order valence-electron chi connectivity index (χ0n) is 11.7. The summed E-state index contributed by atoms with van der Waals surface area (Å²) in [6, 6.07) is 5.71. The number of piperidine rings is 1. The van der Waals surface area contributed by atoms with Crippen LogP contribution in [-0.2, 0) is 16.1 Å². The molecule has 0 radical (unpaired) electrons. The Morgan fingerprint density at radius 3 is 3.10 bits per heavy atom. The molecule has 1 aromatic heterocycles. The maximum absolute atomic E-state index is 12.5. The minimum atomic E-state index is -0.382. The average molecular weight is 334 g/mol. The average Bonchev–Trinajstić information content (AvgIpc) is 2.91. The largest absolute Gasteiger partial charge is 0.377 e. The molecule has 1 aromatic rings. The SMILES string of the molecule is Cl.Cl.O=C(NCc1ccccn1)[C@@]12CCO[C@@H]1CCNC2. The van der Waals surface area contributed by atoms with Crippen molar-refractivity contribution in [3.63, 3.8) is 0 Å². The topological polar surface area (TPSA) is 63.2 Å². The summed E-state index contributed by atoms with van der Waals surface area (Å²) in [7, 11) is 0. The lowest BCUT2D eigenvalue weighted by molar-refractivity contribution is -0.135. The minimum Gasteiger partial charge on any atom is -0.377 e. The van der Waals surface area contributed by atoms with Crippen LogP contribution in [0.5, 0.6) is 0 Å². The second-order valence-electron chi connectivity index (χ2n) is 5.23. The molecule has 2 aliphatic heterocycles. The summed E-state index contributed by atoms with van der Waals surface area (Å²) in [6.45, 7) is 2.81. The van der Waals surface area contributed by atoms with Gasteiger partial charge in [-0.1, -0.05) is 6.07 Å². The first-order valence-corrected chi connectivity index (χ1v) is 6.82. The van der Waals surface area contributed by atoms with Crippen molar-refractivity contribution in [2.45, 2.75) is 25.5 Å². The van der Waals surface area contributed by atoms with Crippen LogP contribution in [0, 0.1) is 5.41 Å². The van der Waals surface area contributed by atoms with E-state index < -0.39 is 0 Å². The second kappa shape index (κ2) is 7.94. The maximum atomic E-state index is 12.5. The predicted molar refractivity (Wildman–Crippen MR) is 84.9 cm³/mol. The van der Waals surface area contributed by atoms with Gasteiger partial charge in [0.1, 0.15) is 0 Å². The highest BCUT2D eigenvalue weighted by Crippen LogP contribution is 2.38. The first-order valence-electron chi connectivity index (χ1n) is 6.82. The molecular weight excluding hydrogens is 313 g/mol. The molecule has 2 saturated heterocycles. The summed E-state index contributed by atoms with van der Waals surface area (Å²) < 4.78 is 5.72. The van der Waals surface area contributed by atoms with E-state index in [0.717, 1.165) is 25.1 Å². The van der Waals surface area contributed by atoms with Gasteiger partial charge in [-0.3, -0.25) is 9.78 Å². The molecule has 0 spiro atoms. The van der Waals surface area contributed by atoms with Crippen molar-refractivity contribution >= 4 is 30.7 Å². The van der Waals surface area contributed by atoms with Crippen LogP contribution in [0.2, 0.25) is 0 Å². The van der Waals surface area contributed by atoms with Crippen LogP contribution in [-0.4, -0.2) is 36.7 Å². The molecule has 1 amide bonds. The number of hydrogen-bond donors (Lipinski definition) is 2. The molecule has 0 aromatic carbocycles. The number of fused-ring (bicyclic) bond motifs is 1. The summed E-state index contributed by atoms with van der Waals surface area (Å²) in [5.74, 6) is 0.0906. The van der Waals surface area contributed by atoms with Crippen LogP contribution in [0.15, 0.2) is 24.4 Å². The smallest absolute Gasteiger partial charge is 0.230 e. The van der Waals surface area contributed by atoms with E-state index in [2.05, 4.69) is 15.6 Å². The second-order valence-corrected chi connectivity index (χ2v) is 5.23. The Morgan fingerprint density at radius 2 is 2.33 bits per heavy atom. The van der Waals surface area contributed by atoms with Crippen LogP contribution in [0.4, 0.5) is 0 Å². The molecule has 0 aliphatic carbocycles. The van der Waals surface area contributed by atoms with Crippen molar-refractivity contribution in [1.29, 1.82) is 0 Å². The highest BCUT2D eigenvalue weighted by atomic mass is 35.5. The monoisotopic (exact) mass is 333 g/mol. The zero-order valence-corrected chi connectivity index (χ0v) is 13.3. The Morgan fingerprint density at radius 1 is 1.48 bits per heavy atom. The van der Waals surface area contributed by atoms with E-state index in [1.54, 1.807) is 6.20 Å². The Labute approximate surface area is 137 Å². The third kappa shape index (κ3) is 3.66. The first-order chi connectivity index (χ1) is 9.31. The highest BCUT2D eigenvalue weighted by molar-refractivity contribution is 5.85. The van der Waals surface area contributed by atoms with Crippen LogP contribution in [0.1, 0.15) is 18.5 Å². The third-order valence-electron chi connectivity index (χ3n) is 4.12. The Balaban J connectivity index is 0.00000110. The minimum absolute atomic E-state index is 0. The summed E-state index contributed by atoms with van der Waals surface area (Å²) in [4.78, 5) is 16.7. The van der Waals surface area contributed by atoms with Gasteiger partial charge >= 0.3 is 0 Å².